The average Bonchev–Trinajstić information content (AvgIpc) is 1.68. The Morgan fingerprint density at radius 2 is 0.545 bits per heavy atom. The van der Waals surface area contributed by atoms with Gasteiger partial charge in [0.2, 0.25) is 0 Å². The normalized spacial score (nSPS) is 45.5. The molecule has 0 bridgehead atoms. The lowest BCUT2D eigenvalue weighted by atomic mass is 9.43. The van der Waals surface area contributed by atoms with Crippen molar-refractivity contribution >= 4 is 35.3 Å². The smallest absolute Gasteiger partial charge is 0.303 e. The highest BCUT2D eigenvalue weighted by molar-refractivity contribution is 5.92. The maximum Gasteiger partial charge on any atom is 0.303 e. The van der Waals surface area contributed by atoms with Gasteiger partial charge < -0.3 is 60.2 Å². The van der Waals surface area contributed by atoms with Crippen LogP contribution in [-0.4, -0.2) is 156 Å². The summed E-state index contributed by atoms with van der Waals surface area (Å²) in [6, 6.07) is 0. The van der Waals surface area contributed by atoms with Gasteiger partial charge in [-0.05, 0) is 351 Å². The number of ether oxygens (including phenoxy) is 3. The third kappa shape index (κ3) is 19.7. The van der Waals surface area contributed by atoms with Gasteiger partial charge in [-0.3, -0.25) is 28.8 Å². The number of aliphatic hydroxyl groups is 6. The van der Waals surface area contributed by atoms with E-state index in [1.54, 1.807) is 0 Å². The van der Waals surface area contributed by atoms with Gasteiger partial charge in [-0.2, -0.15) is 0 Å². The van der Waals surface area contributed by atoms with Crippen molar-refractivity contribution in [3.8, 4) is 0 Å². The predicted molar refractivity (Wildman–Crippen MR) is 478 cm³/mol. The van der Waals surface area contributed by atoms with Crippen LogP contribution in [0.15, 0.2) is 0 Å². The second kappa shape index (κ2) is 39.9. The van der Waals surface area contributed by atoms with E-state index in [1.807, 2.05) is 0 Å². The molecule has 0 spiro atoms. The second-order valence-electron chi connectivity index (χ2n) is 47.9. The van der Waals surface area contributed by atoms with Crippen LogP contribution in [0.1, 0.15) is 391 Å². The van der Waals surface area contributed by atoms with Gasteiger partial charge >= 0.3 is 17.9 Å². The summed E-state index contributed by atoms with van der Waals surface area (Å²) < 4.78 is 20.0. The Bertz CT molecular complexity index is 3200. The molecule has 13 aliphatic carbocycles. The van der Waals surface area contributed by atoms with Crippen molar-refractivity contribution in [3.05, 3.63) is 0 Å². The van der Waals surface area contributed by atoms with E-state index in [0.717, 1.165) is 212 Å². The first-order valence-corrected chi connectivity index (χ1v) is 51.4. The van der Waals surface area contributed by atoms with Crippen LogP contribution in [0.5, 0.6) is 0 Å². The molecule has 0 aromatic rings. The van der Waals surface area contributed by atoms with Gasteiger partial charge in [-0.1, -0.05) is 141 Å². The van der Waals surface area contributed by atoms with Crippen molar-refractivity contribution in [2.24, 2.45) is 155 Å². The topological polar surface area (TPSA) is 312 Å². The molecular formula is C105H174O18. The summed E-state index contributed by atoms with van der Waals surface area (Å²) in [7, 11) is 0. The van der Waals surface area contributed by atoms with E-state index in [2.05, 4.69) is 83.1 Å². The third-order valence-corrected chi connectivity index (χ3v) is 41.0. The number of carboxylic acids is 3. The molecule has 9 N–H and O–H groups in total. The van der Waals surface area contributed by atoms with Gasteiger partial charge in [-0.15, -0.1) is 0 Å². The Hall–Kier alpha value is -2.94. The number of fused-ring (bicyclic) bond motifs is 15. The zero-order valence-corrected chi connectivity index (χ0v) is 78.9. The Balaban J connectivity index is 0.548. The summed E-state index contributed by atoms with van der Waals surface area (Å²) in [6.45, 7) is 28.8. The first-order chi connectivity index (χ1) is 58.2. The summed E-state index contributed by atoms with van der Waals surface area (Å²) in [5, 5.41) is 101. The van der Waals surface area contributed by atoms with Crippen molar-refractivity contribution < 1.29 is 88.9 Å². The molecule has 0 radical (unpaired) electrons. The minimum atomic E-state index is -0.810. The van der Waals surface area contributed by atoms with Crippen LogP contribution in [0.25, 0.3) is 0 Å². The highest BCUT2D eigenvalue weighted by atomic mass is 16.5. The van der Waals surface area contributed by atoms with Crippen LogP contribution >= 0.6 is 0 Å². The summed E-state index contributed by atoms with van der Waals surface area (Å²) in [5.41, 5.74) is -3.29. The molecule has 0 amide bonds. The number of carbonyl (C=O) groups is 6. The number of aliphatic carboxylic acids is 3. The number of Topliss-reactive ketones (excluding diaryl/α,β-unsaturated/α-hetero) is 3. The van der Waals surface area contributed by atoms with E-state index < -0.39 is 70.8 Å². The fourth-order valence-corrected chi connectivity index (χ4v) is 34.2. The molecule has 0 aromatic carbocycles. The van der Waals surface area contributed by atoms with Gasteiger partial charge in [0.15, 0.2) is 0 Å². The number of hydrogen-bond acceptors (Lipinski definition) is 15. The Kier molecular flexibility index (Phi) is 31.6. The fourth-order valence-electron chi connectivity index (χ4n) is 34.2. The fraction of sp³-hybridized carbons (Fsp3) is 0.943. The molecule has 2 unspecified atom stereocenters. The third-order valence-electron chi connectivity index (χ3n) is 41.0. The molecule has 35 atom stereocenters. The predicted octanol–water partition coefficient (Wildman–Crippen LogP) is 20.4. The molecule has 13 rings (SSSR count). The number of unbranched alkanes of at least 4 members (excludes halogenated alkanes) is 12. The number of carboxylic acid groups (broad SMARTS) is 3. The number of hydrogen-bond donors (Lipinski definition) is 9. The van der Waals surface area contributed by atoms with Crippen LogP contribution < -0.4 is 0 Å². The highest BCUT2D eigenvalue weighted by Gasteiger charge is 2.70. The molecule has 0 heterocycles. The lowest BCUT2D eigenvalue weighted by Gasteiger charge is -2.63. The number of carbonyl (C=O) groups excluding carboxylic acids is 3. The van der Waals surface area contributed by atoms with E-state index in [1.165, 1.54) is 0 Å². The minimum absolute atomic E-state index is 0.0297. The van der Waals surface area contributed by atoms with Crippen molar-refractivity contribution in [1.82, 2.24) is 0 Å². The van der Waals surface area contributed by atoms with Crippen LogP contribution in [0.3, 0.4) is 0 Å². The van der Waals surface area contributed by atoms with Crippen molar-refractivity contribution in [3.63, 3.8) is 0 Å². The summed E-state index contributed by atoms with van der Waals surface area (Å²) in [5.74, 6) is 2.49. The Morgan fingerprint density at radius 3 is 0.797 bits per heavy atom. The number of ketones is 3. The molecule has 123 heavy (non-hydrogen) atoms. The molecule has 13 aliphatic rings. The first-order valence-electron chi connectivity index (χ1n) is 51.4. The number of rotatable bonds is 42. The SMILES string of the molecule is C[C@H](CCC(=O)O)[C@H]1CC[C@H]2[C@@H]3[C@H](O)C[C@@H]4C[C@H](OCCCCCCCC(=O)C5(C)CC(C)(C(=O)CCCCCCCO[C@H]6CC[C@@]7(C)[C@@H](C6)C[C@@H](O)[C@@H]6[C@@H]7C[C@H](O)[C@]7(C)[C@@H]([C@H](C)CCC(=O)O)CC[C@@H]67)CC(C)(C(=O)CCCCCCCO[C@H]6CC[C@@]7(C)[C@@H](C6)C[C@@H](O)[C@@H]6[C@@H]7C[C@H](O)[C@]7(C)[C@@H]([C@H](C)CCC(=O)O)CC[C@@H]67)C5)CC[C@]4(C)[C@H]3C[C@H](O)[C@]12C. The zero-order chi connectivity index (χ0) is 88.7. The number of aliphatic hydroxyl groups excluding tert-OH is 6. The Labute approximate surface area is 741 Å². The molecular weight excluding hydrogens is 1550 g/mol. The van der Waals surface area contributed by atoms with E-state index in [9.17, 15) is 74.7 Å². The monoisotopic (exact) mass is 1720 g/mol. The van der Waals surface area contributed by atoms with Crippen LogP contribution in [0.2, 0.25) is 0 Å². The lowest BCUT2D eigenvalue weighted by molar-refractivity contribution is -0.209. The lowest BCUT2D eigenvalue weighted by Crippen LogP contribution is -2.62. The summed E-state index contributed by atoms with van der Waals surface area (Å²) >= 11 is 0. The van der Waals surface area contributed by atoms with Crippen LogP contribution in [0.4, 0.5) is 0 Å². The Morgan fingerprint density at radius 1 is 0.301 bits per heavy atom. The molecule has 13 fully saturated rings. The molecule has 18 nitrogen and oxygen atoms in total. The quantitative estimate of drug-likeness (QED) is 0.0257. The van der Waals surface area contributed by atoms with Gasteiger partial charge in [-0.25, -0.2) is 0 Å². The van der Waals surface area contributed by atoms with Crippen molar-refractivity contribution in [2.75, 3.05) is 19.8 Å². The van der Waals surface area contributed by atoms with Gasteiger partial charge in [0, 0.05) is 74.6 Å². The standard InChI is InChI=1S/C105H174O18/c1-64(31-40-91(115)116)73-34-37-76-94-79(58-88(112)103(73,76)10)100(7)46-43-70(52-67(100)55-82(94)106)121-49-25-19-13-16-22-28-85(109)97(4)61-98(5,86(110)29-23-17-14-20-26-50-122-71-44-47-101(8)68(53-71)56-83(107)95-77-38-35-74(65(2)32-41-92(117)118)104(77,11)89(113)59-80(95)101)63-99(6,62-97)87(111)30-24-18-15-21-27-51-123-72-45-48-102(9)69(54-72)57-84(108)96-78-39-36-75(66(3)33-42-93(119)120)105(78,12)90(114)60-81(96)102/h64-84,88-90,94-96,106-108,112-114H,13-63H2,1-12H3,(H,115,116)(H,117,118)(H,119,120)/t64-,65-,66-,67+,68+,69+,70-,71+,72+,73-,74-,75-,76+,77+,78+,79+,80+,81+,82-,83-,84-,88+,89+,90+,94+,95+,96+,97?,98?,99?,100+,101+,102+,103-,104-,105-/m1/s1. The molecule has 702 valence electrons. The maximum absolute atomic E-state index is 14.9. The van der Waals surface area contributed by atoms with Gasteiger partial charge in [0.1, 0.15) is 17.3 Å². The summed E-state index contributed by atoms with van der Waals surface area (Å²) in [4.78, 5) is 79.4. The van der Waals surface area contributed by atoms with E-state index in [-0.39, 0.29) is 176 Å². The van der Waals surface area contributed by atoms with Crippen molar-refractivity contribution in [1.29, 1.82) is 0 Å². The second-order valence-corrected chi connectivity index (χ2v) is 47.9. The van der Waals surface area contributed by atoms with Gasteiger partial charge in [0.05, 0.1) is 54.9 Å². The molecule has 0 aliphatic heterocycles. The largest absolute Gasteiger partial charge is 0.481 e. The van der Waals surface area contributed by atoms with Crippen LogP contribution in [-0.2, 0) is 43.0 Å². The van der Waals surface area contributed by atoms with Gasteiger partial charge in [0.25, 0.3) is 0 Å². The zero-order valence-electron chi connectivity index (χ0n) is 78.9. The highest BCUT2D eigenvalue weighted by Crippen LogP contribution is 2.73. The van der Waals surface area contributed by atoms with E-state index in [0.29, 0.717) is 115 Å². The van der Waals surface area contributed by atoms with E-state index >= 15 is 0 Å². The van der Waals surface area contributed by atoms with E-state index in [4.69, 9.17) is 14.2 Å². The first kappa shape index (κ1) is 97.6. The van der Waals surface area contributed by atoms with Crippen LogP contribution in [0, 0.1) is 155 Å². The molecule has 18 heteroatoms. The molecule has 0 saturated heterocycles. The van der Waals surface area contributed by atoms with Crippen molar-refractivity contribution in [2.45, 2.75) is 446 Å². The minimum Gasteiger partial charge on any atom is -0.481 e. The maximum atomic E-state index is 14.9. The molecule has 0 aromatic heterocycles. The molecule has 13 saturated carbocycles. The average molecular weight is 1720 g/mol. The summed E-state index contributed by atoms with van der Waals surface area (Å²) in [6.07, 6.45) is 35.8.